The highest BCUT2D eigenvalue weighted by atomic mass is 32.2. The van der Waals surface area contributed by atoms with Gasteiger partial charge in [0.25, 0.3) is 5.91 Å². The molecule has 1 aromatic heterocycles. The van der Waals surface area contributed by atoms with Gasteiger partial charge in [0.1, 0.15) is 16.4 Å². The lowest BCUT2D eigenvalue weighted by Crippen LogP contribution is -2.19. The summed E-state index contributed by atoms with van der Waals surface area (Å²) in [6.45, 7) is 0. The largest absolute Gasteiger partial charge is 0.497 e. The van der Waals surface area contributed by atoms with Gasteiger partial charge in [-0.05, 0) is 78.4 Å². The number of aromatic nitrogens is 1. The van der Waals surface area contributed by atoms with Gasteiger partial charge < -0.3 is 13.5 Å². The predicted octanol–water partition coefficient (Wildman–Crippen LogP) is 4.02. The maximum absolute atomic E-state index is 12.6. The molecule has 34 heavy (non-hydrogen) atoms. The summed E-state index contributed by atoms with van der Waals surface area (Å²) in [6, 6.07) is 23.1. The maximum atomic E-state index is 12.6. The Bertz CT molecular complexity index is 1400. The molecule has 3 aromatic carbocycles. The number of hydrogen-bond acceptors (Lipinski definition) is 6. The number of nitrogens with zero attached hydrogens (tertiary/aromatic N) is 2. The van der Waals surface area contributed by atoms with Crippen molar-refractivity contribution in [3.05, 3.63) is 108 Å². The average molecular weight is 476 g/mol. The molecular formula is C25H21N3O5S. The number of hydrazone groups is 1. The lowest BCUT2D eigenvalue weighted by Gasteiger charge is -2.09. The van der Waals surface area contributed by atoms with E-state index in [0.717, 1.165) is 5.69 Å². The van der Waals surface area contributed by atoms with Crippen LogP contribution >= 0.6 is 0 Å². The Labute approximate surface area is 197 Å². The van der Waals surface area contributed by atoms with E-state index in [1.807, 2.05) is 41.2 Å². The van der Waals surface area contributed by atoms with E-state index >= 15 is 0 Å². The number of nitrogens with one attached hydrogen (secondary N) is 1. The summed E-state index contributed by atoms with van der Waals surface area (Å²) < 4.78 is 36.9. The van der Waals surface area contributed by atoms with Gasteiger partial charge in [-0.15, -0.1) is 0 Å². The van der Waals surface area contributed by atoms with Crippen molar-refractivity contribution in [2.75, 3.05) is 7.11 Å². The van der Waals surface area contributed by atoms with Crippen LogP contribution in [-0.4, -0.2) is 32.2 Å². The van der Waals surface area contributed by atoms with Crippen LogP contribution in [0.5, 0.6) is 11.5 Å². The van der Waals surface area contributed by atoms with Crippen molar-refractivity contribution < 1.29 is 22.1 Å². The minimum atomic E-state index is -3.98. The van der Waals surface area contributed by atoms with Crippen molar-refractivity contribution in [1.82, 2.24) is 9.99 Å². The van der Waals surface area contributed by atoms with Crippen molar-refractivity contribution in [2.45, 2.75) is 4.90 Å². The summed E-state index contributed by atoms with van der Waals surface area (Å²) in [4.78, 5) is 12.6. The van der Waals surface area contributed by atoms with Crippen LogP contribution in [0.1, 0.15) is 15.9 Å². The second-order valence-corrected chi connectivity index (χ2v) is 8.63. The molecule has 0 spiro atoms. The molecule has 0 aliphatic heterocycles. The summed E-state index contributed by atoms with van der Waals surface area (Å²) in [5, 5.41) is 4.00. The monoisotopic (exact) mass is 475 g/mol. The van der Waals surface area contributed by atoms with E-state index in [1.165, 1.54) is 37.6 Å². The minimum Gasteiger partial charge on any atom is -0.497 e. The Kier molecular flexibility index (Phi) is 6.74. The number of benzene rings is 3. The molecule has 0 radical (unpaired) electrons. The highest BCUT2D eigenvalue weighted by Gasteiger charge is 2.16. The topological polar surface area (TPSA) is 99.0 Å². The number of rotatable bonds is 8. The quantitative estimate of drug-likeness (QED) is 0.236. The molecule has 0 fully saturated rings. The number of methoxy groups -OCH3 is 1. The molecular weight excluding hydrogens is 454 g/mol. The van der Waals surface area contributed by atoms with Gasteiger partial charge in [0.2, 0.25) is 0 Å². The van der Waals surface area contributed by atoms with E-state index < -0.39 is 10.1 Å². The van der Waals surface area contributed by atoms with Crippen LogP contribution in [0, 0.1) is 0 Å². The molecule has 8 nitrogen and oxygen atoms in total. The molecule has 1 amide bonds. The standard InChI is InChI=1S/C25H21N3O5S/c1-32-20-12-14-22(15-13-20)34(30,31)33-21-10-8-19(9-11-21)18-26-27-25(29)23-6-2-3-7-24(23)28-16-4-5-17-28/h2-18H,1H3,(H,27,29)/b26-18-. The third-order valence-corrected chi connectivity index (χ3v) is 6.11. The van der Waals surface area contributed by atoms with Gasteiger partial charge in [0.05, 0.1) is 24.6 Å². The Morgan fingerprint density at radius 1 is 0.882 bits per heavy atom. The fourth-order valence-electron chi connectivity index (χ4n) is 3.14. The van der Waals surface area contributed by atoms with Crippen LogP contribution in [0.4, 0.5) is 0 Å². The molecule has 4 aromatic rings. The Morgan fingerprint density at radius 3 is 2.21 bits per heavy atom. The molecule has 0 saturated heterocycles. The first-order chi connectivity index (χ1) is 16.5. The van der Waals surface area contributed by atoms with Gasteiger partial charge in [-0.25, -0.2) is 5.43 Å². The first-order valence-electron chi connectivity index (χ1n) is 10.2. The average Bonchev–Trinajstić information content (AvgIpc) is 3.40. The maximum Gasteiger partial charge on any atom is 0.339 e. The summed E-state index contributed by atoms with van der Waals surface area (Å²) in [7, 11) is -2.48. The van der Waals surface area contributed by atoms with Crippen molar-refractivity contribution in [3.63, 3.8) is 0 Å². The van der Waals surface area contributed by atoms with E-state index in [-0.39, 0.29) is 16.6 Å². The van der Waals surface area contributed by atoms with Crippen LogP contribution in [-0.2, 0) is 10.1 Å². The summed E-state index contributed by atoms with van der Waals surface area (Å²) in [6.07, 6.45) is 5.17. The lowest BCUT2D eigenvalue weighted by atomic mass is 10.1. The normalized spacial score (nSPS) is 11.3. The predicted molar refractivity (Wildman–Crippen MR) is 128 cm³/mol. The number of amides is 1. The zero-order valence-electron chi connectivity index (χ0n) is 18.2. The molecule has 1 heterocycles. The van der Waals surface area contributed by atoms with Gasteiger partial charge in [0, 0.05) is 12.4 Å². The fourth-order valence-corrected chi connectivity index (χ4v) is 4.07. The molecule has 0 aliphatic rings. The first kappa shape index (κ1) is 22.8. The smallest absolute Gasteiger partial charge is 0.339 e. The van der Waals surface area contributed by atoms with E-state index in [1.54, 1.807) is 36.4 Å². The van der Waals surface area contributed by atoms with Crippen LogP contribution in [0.15, 0.2) is 107 Å². The van der Waals surface area contributed by atoms with Gasteiger partial charge in [-0.1, -0.05) is 12.1 Å². The third-order valence-electron chi connectivity index (χ3n) is 4.85. The molecule has 0 atom stereocenters. The summed E-state index contributed by atoms with van der Waals surface area (Å²) in [5.74, 6) is 0.339. The van der Waals surface area contributed by atoms with Crippen LogP contribution in [0.3, 0.4) is 0 Å². The zero-order chi connectivity index (χ0) is 24.0. The zero-order valence-corrected chi connectivity index (χ0v) is 19.0. The van der Waals surface area contributed by atoms with E-state index in [2.05, 4.69) is 10.5 Å². The van der Waals surface area contributed by atoms with Gasteiger partial charge in [-0.3, -0.25) is 4.79 Å². The third kappa shape index (κ3) is 5.33. The van der Waals surface area contributed by atoms with E-state index in [0.29, 0.717) is 16.9 Å². The van der Waals surface area contributed by atoms with Crippen molar-refractivity contribution in [2.24, 2.45) is 5.10 Å². The van der Waals surface area contributed by atoms with Gasteiger partial charge in [-0.2, -0.15) is 13.5 Å². The van der Waals surface area contributed by atoms with Gasteiger partial charge in [0.15, 0.2) is 0 Å². The number of ether oxygens (including phenoxy) is 1. The van der Waals surface area contributed by atoms with Crippen LogP contribution in [0.25, 0.3) is 5.69 Å². The lowest BCUT2D eigenvalue weighted by molar-refractivity contribution is 0.0955. The minimum absolute atomic E-state index is 0.0156. The highest BCUT2D eigenvalue weighted by molar-refractivity contribution is 7.87. The van der Waals surface area contributed by atoms with Gasteiger partial charge >= 0.3 is 10.1 Å². The molecule has 0 unspecified atom stereocenters. The molecule has 9 heteroatoms. The second kappa shape index (κ2) is 10.1. The molecule has 172 valence electrons. The van der Waals surface area contributed by atoms with E-state index in [9.17, 15) is 13.2 Å². The number of carbonyl (C=O) groups is 1. The Balaban J connectivity index is 1.39. The van der Waals surface area contributed by atoms with Crippen molar-refractivity contribution >= 4 is 22.2 Å². The molecule has 1 N–H and O–H groups in total. The SMILES string of the molecule is COc1ccc(S(=O)(=O)Oc2ccc(/C=N\NC(=O)c3ccccc3-n3cccc3)cc2)cc1. The second-order valence-electron chi connectivity index (χ2n) is 7.09. The van der Waals surface area contributed by atoms with Crippen molar-refractivity contribution in [1.29, 1.82) is 0 Å². The molecule has 0 saturated carbocycles. The van der Waals surface area contributed by atoms with Crippen LogP contribution < -0.4 is 14.3 Å². The Hall–Kier alpha value is -4.37. The summed E-state index contributed by atoms with van der Waals surface area (Å²) in [5.41, 5.74) is 4.37. The first-order valence-corrected chi connectivity index (χ1v) is 11.6. The van der Waals surface area contributed by atoms with Crippen LogP contribution in [0.2, 0.25) is 0 Å². The molecule has 0 aliphatic carbocycles. The number of carbonyl (C=O) groups excluding carboxylic acids is 1. The highest BCUT2D eigenvalue weighted by Crippen LogP contribution is 2.21. The van der Waals surface area contributed by atoms with Crippen molar-refractivity contribution in [3.8, 4) is 17.2 Å². The number of hydrogen-bond donors (Lipinski definition) is 1. The fraction of sp³-hybridized carbons (Fsp3) is 0.0400. The Morgan fingerprint density at radius 2 is 1.53 bits per heavy atom. The summed E-state index contributed by atoms with van der Waals surface area (Å²) >= 11 is 0. The van der Waals surface area contributed by atoms with E-state index in [4.69, 9.17) is 8.92 Å². The molecule has 4 rings (SSSR count). The molecule has 0 bridgehead atoms. The number of para-hydroxylation sites is 1.